The molecule has 136 valence electrons. The fourth-order valence-electron chi connectivity index (χ4n) is 2.79. The summed E-state index contributed by atoms with van der Waals surface area (Å²) < 4.78 is 5.35. The van der Waals surface area contributed by atoms with Gasteiger partial charge in [-0.25, -0.2) is 9.78 Å². The zero-order chi connectivity index (χ0) is 18.4. The van der Waals surface area contributed by atoms with Crippen molar-refractivity contribution in [2.45, 2.75) is 32.0 Å². The van der Waals surface area contributed by atoms with Crippen LogP contribution in [0.25, 0.3) is 0 Å². The standard InChI is InChI=1S/C18H19ClN4O3/c19-17-14(20-8-9-21-17)11-16(24)22-15-7-4-10-23(15)18(25)26-12-13-5-2-1-3-6-13/h1-3,5-6,8-9,15H,4,7,10-12H2,(H,22,24)/t15-/m0/s1. The van der Waals surface area contributed by atoms with Gasteiger partial charge in [-0.3, -0.25) is 14.7 Å². The van der Waals surface area contributed by atoms with Gasteiger partial charge < -0.3 is 10.1 Å². The van der Waals surface area contributed by atoms with Crippen molar-refractivity contribution in [3.05, 3.63) is 59.1 Å². The molecule has 26 heavy (non-hydrogen) atoms. The number of nitrogens with zero attached hydrogens (tertiary/aromatic N) is 3. The topological polar surface area (TPSA) is 84.4 Å². The predicted molar refractivity (Wildman–Crippen MR) is 95.2 cm³/mol. The van der Waals surface area contributed by atoms with Crippen molar-refractivity contribution >= 4 is 23.6 Å². The molecule has 2 amide bonds. The van der Waals surface area contributed by atoms with Crippen molar-refractivity contribution in [2.75, 3.05) is 6.54 Å². The highest BCUT2D eigenvalue weighted by Gasteiger charge is 2.31. The van der Waals surface area contributed by atoms with Gasteiger partial charge in [-0.2, -0.15) is 0 Å². The average Bonchev–Trinajstić information content (AvgIpc) is 3.10. The first kappa shape index (κ1) is 18.1. The van der Waals surface area contributed by atoms with Crippen LogP contribution in [0.1, 0.15) is 24.1 Å². The Morgan fingerprint density at radius 2 is 2.00 bits per heavy atom. The molecule has 1 fully saturated rings. The zero-order valence-electron chi connectivity index (χ0n) is 14.1. The highest BCUT2D eigenvalue weighted by molar-refractivity contribution is 6.30. The lowest BCUT2D eigenvalue weighted by molar-refractivity contribution is -0.122. The van der Waals surface area contributed by atoms with Gasteiger partial charge in [0.2, 0.25) is 5.91 Å². The number of carbonyl (C=O) groups excluding carboxylic acids is 2. The Morgan fingerprint density at radius 3 is 2.77 bits per heavy atom. The van der Waals surface area contributed by atoms with E-state index in [4.69, 9.17) is 16.3 Å². The molecule has 1 aromatic heterocycles. The van der Waals surface area contributed by atoms with Crippen molar-refractivity contribution in [2.24, 2.45) is 0 Å². The molecule has 1 aliphatic rings. The lowest BCUT2D eigenvalue weighted by Gasteiger charge is -2.24. The van der Waals surface area contributed by atoms with Crippen molar-refractivity contribution in [1.82, 2.24) is 20.2 Å². The van der Waals surface area contributed by atoms with Crippen LogP contribution in [0.5, 0.6) is 0 Å². The number of halogens is 1. The van der Waals surface area contributed by atoms with Gasteiger partial charge in [0.15, 0.2) is 5.15 Å². The number of hydrogen-bond donors (Lipinski definition) is 1. The van der Waals surface area contributed by atoms with Crippen LogP contribution in [0.2, 0.25) is 5.15 Å². The third-order valence-electron chi connectivity index (χ3n) is 4.07. The summed E-state index contributed by atoms with van der Waals surface area (Å²) in [6, 6.07) is 9.46. The molecular weight excluding hydrogens is 356 g/mol. The van der Waals surface area contributed by atoms with Crippen molar-refractivity contribution in [1.29, 1.82) is 0 Å². The van der Waals surface area contributed by atoms with Gasteiger partial charge >= 0.3 is 6.09 Å². The number of carbonyl (C=O) groups is 2. The third-order valence-corrected chi connectivity index (χ3v) is 4.39. The Morgan fingerprint density at radius 1 is 1.23 bits per heavy atom. The normalized spacial score (nSPS) is 16.3. The summed E-state index contributed by atoms with van der Waals surface area (Å²) in [6.45, 7) is 0.747. The Hall–Kier alpha value is -2.67. The fraction of sp³-hybridized carbons (Fsp3) is 0.333. The largest absolute Gasteiger partial charge is 0.444 e. The van der Waals surface area contributed by atoms with Crippen LogP contribution in [0.4, 0.5) is 4.79 Å². The van der Waals surface area contributed by atoms with Crippen LogP contribution >= 0.6 is 11.6 Å². The van der Waals surface area contributed by atoms with Gasteiger partial charge in [0.25, 0.3) is 0 Å². The highest BCUT2D eigenvalue weighted by atomic mass is 35.5. The van der Waals surface area contributed by atoms with Crippen LogP contribution in [0.3, 0.4) is 0 Å². The molecule has 0 unspecified atom stereocenters. The molecule has 0 saturated carbocycles. The van der Waals surface area contributed by atoms with Gasteiger partial charge in [0.05, 0.1) is 12.1 Å². The van der Waals surface area contributed by atoms with Gasteiger partial charge in [-0.05, 0) is 18.4 Å². The maximum Gasteiger partial charge on any atom is 0.411 e. The molecule has 0 radical (unpaired) electrons. The minimum Gasteiger partial charge on any atom is -0.444 e. The third kappa shape index (κ3) is 4.70. The second kappa shape index (κ2) is 8.62. The Labute approximate surface area is 156 Å². The molecule has 0 bridgehead atoms. The number of benzene rings is 1. The van der Waals surface area contributed by atoms with E-state index in [-0.39, 0.29) is 30.3 Å². The van der Waals surface area contributed by atoms with Gasteiger partial charge in [-0.1, -0.05) is 41.9 Å². The van der Waals surface area contributed by atoms with Crippen molar-refractivity contribution in [3.8, 4) is 0 Å². The summed E-state index contributed by atoms with van der Waals surface area (Å²) in [5.74, 6) is -0.264. The molecule has 2 heterocycles. The molecule has 1 aliphatic heterocycles. The van der Waals surface area contributed by atoms with Gasteiger partial charge in [0, 0.05) is 18.9 Å². The molecule has 1 N–H and O–H groups in total. The second-order valence-corrected chi connectivity index (χ2v) is 6.29. The molecule has 0 spiro atoms. The molecular formula is C18H19ClN4O3. The van der Waals surface area contributed by atoms with E-state index < -0.39 is 6.09 Å². The predicted octanol–water partition coefficient (Wildman–Crippen LogP) is 2.55. The maximum atomic E-state index is 12.3. The first-order valence-corrected chi connectivity index (χ1v) is 8.73. The number of ether oxygens (including phenoxy) is 1. The van der Waals surface area contributed by atoms with E-state index in [0.717, 1.165) is 12.0 Å². The maximum absolute atomic E-state index is 12.3. The first-order chi connectivity index (χ1) is 12.6. The monoisotopic (exact) mass is 374 g/mol. The van der Waals surface area contributed by atoms with E-state index in [1.165, 1.54) is 12.4 Å². The molecule has 0 aliphatic carbocycles. The molecule has 8 heteroatoms. The number of rotatable bonds is 5. The molecule has 3 rings (SSSR count). The minimum atomic E-state index is -0.436. The number of aromatic nitrogens is 2. The van der Waals surface area contributed by atoms with Crippen LogP contribution in [-0.4, -0.2) is 39.6 Å². The number of nitrogens with one attached hydrogen (secondary N) is 1. The number of hydrogen-bond acceptors (Lipinski definition) is 5. The van der Waals surface area contributed by atoms with E-state index in [1.54, 1.807) is 4.90 Å². The Balaban J connectivity index is 1.53. The van der Waals surface area contributed by atoms with E-state index >= 15 is 0 Å². The smallest absolute Gasteiger partial charge is 0.411 e. The summed E-state index contributed by atoms with van der Waals surface area (Å²) >= 11 is 5.93. The summed E-state index contributed by atoms with van der Waals surface area (Å²) in [7, 11) is 0. The summed E-state index contributed by atoms with van der Waals surface area (Å²) in [5, 5.41) is 3.05. The van der Waals surface area contributed by atoms with Crippen molar-refractivity contribution < 1.29 is 14.3 Å². The van der Waals surface area contributed by atoms with E-state index in [1.807, 2.05) is 30.3 Å². The van der Waals surface area contributed by atoms with Crippen LogP contribution in [0.15, 0.2) is 42.7 Å². The lowest BCUT2D eigenvalue weighted by Crippen LogP contribution is -2.47. The molecule has 1 aromatic carbocycles. The second-order valence-electron chi connectivity index (χ2n) is 5.93. The molecule has 7 nitrogen and oxygen atoms in total. The zero-order valence-corrected chi connectivity index (χ0v) is 14.9. The van der Waals surface area contributed by atoms with Crippen molar-refractivity contribution in [3.63, 3.8) is 0 Å². The summed E-state index contributed by atoms with van der Waals surface area (Å²) in [5.41, 5.74) is 1.32. The Bertz CT molecular complexity index is 772. The van der Waals surface area contributed by atoms with Crippen LogP contribution in [0, 0.1) is 0 Å². The lowest BCUT2D eigenvalue weighted by atomic mass is 10.2. The first-order valence-electron chi connectivity index (χ1n) is 8.35. The minimum absolute atomic E-state index is 0.01000. The highest BCUT2D eigenvalue weighted by Crippen LogP contribution is 2.17. The van der Waals surface area contributed by atoms with Gasteiger partial charge in [0.1, 0.15) is 12.8 Å². The summed E-state index contributed by atoms with van der Waals surface area (Å²) in [6.07, 6.45) is 3.62. The average molecular weight is 375 g/mol. The van der Waals surface area contributed by atoms with Gasteiger partial charge in [-0.15, -0.1) is 0 Å². The SMILES string of the molecule is O=C(Cc1nccnc1Cl)N[C@@H]1CCCN1C(=O)OCc1ccccc1. The van der Waals surface area contributed by atoms with E-state index in [9.17, 15) is 9.59 Å². The number of amides is 2. The Kier molecular flexibility index (Phi) is 6.01. The van der Waals surface area contributed by atoms with Crippen LogP contribution < -0.4 is 5.32 Å². The summed E-state index contributed by atoms with van der Waals surface area (Å²) in [4.78, 5) is 34.1. The molecule has 1 saturated heterocycles. The fourth-order valence-corrected chi connectivity index (χ4v) is 2.97. The molecule has 1 atom stereocenters. The van der Waals surface area contributed by atoms with E-state index in [2.05, 4.69) is 15.3 Å². The quantitative estimate of drug-likeness (QED) is 0.869. The number of likely N-dealkylation sites (tertiary alicyclic amines) is 1. The van der Waals surface area contributed by atoms with E-state index in [0.29, 0.717) is 18.7 Å². The molecule has 2 aromatic rings. The van der Waals surface area contributed by atoms with Crippen LogP contribution in [-0.2, 0) is 22.6 Å².